The van der Waals surface area contributed by atoms with Gasteiger partial charge >= 0.3 is 242 Å². The van der Waals surface area contributed by atoms with Gasteiger partial charge in [0.1, 0.15) is 0 Å². The second-order valence-corrected chi connectivity index (χ2v) is 23.3. The number of amides is 4. The van der Waals surface area contributed by atoms with Gasteiger partial charge in [0.2, 0.25) is 0 Å². The van der Waals surface area contributed by atoms with Crippen molar-refractivity contribution in [1.82, 2.24) is 13.2 Å². The van der Waals surface area contributed by atoms with Gasteiger partial charge in [-0.05, 0) is 0 Å². The first-order valence-electron chi connectivity index (χ1n) is 12.6. The molecule has 0 saturated carbocycles. The van der Waals surface area contributed by atoms with Crippen molar-refractivity contribution in [2.45, 2.75) is 47.9 Å². The number of allylic oxidation sites excluding steroid dienone is 2. The van der Waals surface area contributed by atoms with Gasteiger partial charge in [0.15, 0.2) is 0 Å². The molecule has 2 atom stereocenters. The normalized spacial score (nSPS) is 16.8. The van der Waals surface area contributed by atoms with E-state index in [-0.39, 0.29) is 31.0 Å². The van der Waals surface area contributed by atoms with E-state index in [1.54, 1.807) is 0 Å². The summed E-state index contributed by atoms with van der Waals surface area (Å²) in [6.45, 7) is 6.00. The monoisotopic (exact) mass is 848 g/mol. The summed E-state index contributed by atoms with van der Waals surface area (Å²) < 4.78 is 12.6. The number of hydrogen-bond donors (Lipinski definition) is 4. The first-order valence-corrected chi connectivity index (χ1v) is 23.9. The van der Waals surface area contributed by atoms with Crippen molar-refractivity contribution < 1.29 is 63.2 Å². The van der Waals surface area contributed by atoms with E-state index in [1.165, 1.54) is 38.8 Å². The second kappa shape index (κ2) is 12.6. The predicted octanol–water partition coefficient (Wildman–Crippen LogP) is 3.48. The minimum absolute atomic E-state index is 0.0112. The summed E-state index contributed by atoms with van der Waals surface area (Å²) in [5, 5.41) is 0. The van der Waals surface area contributed by atoms with Crippen LogP contribution in [0.5, 0.6) is 0 Å². The van der Waals surface area contributed by atoms with Crippen molar-refractivity contribution in [3.05, 3.63) is 81.9 Å². The first kappa shape index (κ1) is 28.5. The number of nitrogens with one attached hydrogen (secondary N) is 4. The van der Waals surface area contributed by atoms with E-state index in [0.717, 1.165) is 35.1 Å². The molecule has 0 heterocycles. The van der Waals surface area contributed by atoms with Crippen molar-refractivity contribution in [1.29, 1.82) is 0 Å². The fourth-order valence-electron chi connectivity index (χ4n) is 5.29. The van der Waals surface area contributed by atoms with E-state index in [4.69, 9.17) is 0 Å². The Morgan fingerprint density at radius 2 is 0.895 bits per heavy atom. The molecule has 2 aromatic rings. The molecule has 4 rings (SSSR count). The third kappa shape index (κ3) is 6.75. The fraction of sp³-hybridized carbons (Fsp3) is 0.286. The molecule has 4 N–H and O–H groups in total. The molecule has 0 bridgehead atoms. The summed E-state index contributed by atoms with van der Waals surface area (Å²) in [5.41, 5.74) is 6.97. The molecule has 2 aliphatic rings. The SMILES string of the molecule is CC(=O)[NH][Hf]([NH]C(C)=O)[CH]1C(CCC2=Cc3ccccc3[CH]2[Hf]([NH]C(C)=O)[NH]C(C)=O)=Cc2ccccc21. The molecule has 8 nitrogen and oxygen atoms in total. The van der Waals surface area contributed by atoms with Crippen molar-refractivity contribution in [3.63, 3.8) is 0 Å². The van der Waals surface area contributed by atoms with Gasteiger partial charge in [-0.15, -0.1) is 0 Å². The van der Waals surface area contributed by atoms with Crippen LogP contribution in [0.3, 0.4) is 0 Å². The molecule has 10 heteroatoms. The summed E-state index contributed by atoms with van der Waals surface area (Å²) in [6, 6.07) is 16.3. The van der Waals surface area contributed by atoms with E-state index >= 15 is 0 Å². The maximum atomic E-state index is 12.1. The summed E-state index contributed by atoms with van der Waals surface area (Å²) >= 11 is -6.39. The topological polar surface area (TPSA) is 116 Å². The second-order valence-electron chi connectivity index (χ2n) is 9.61. The van der Waals surface area contributed by atoms with Crippen LogP contribution in [0.1, 0.15) is 70.1 Å². The van der Waals surface area contributed by atoms with Gasteiger partial charge in [-0.1, -0.05) is 0 Å². The van der Waals surface area contributed by atoms with Gasteiger partial charge < -0.3 is 0 Å². The molecule has 2 unspecified atom stereocenters. The van der Waals surface area contributed by atoms with Gasteiger partial charge in [-0.2, -0.15) is 0 Å². The molecule has 38 heavy (non-hydrogen) atoms. The van der Waals surface area contributed by atoms with E-state index in [0.29, 0.717) is 0 Å². The third-order valence-electron chi connectivity index (χ3n) is 6.56. The zero-order valence-electron chi connectivity index (χ0n) is 22.0. The molecule has 0 spiro atoms. The Morgan fingerprint density at radius 3 is 1.21 bits per heavy atom. The minimum atomic E-state index is -3.20. The molecule has 4 amide bonds. The van der Waals surface area contributed by atoms with Crippen LogP contribution in [0.2, 0.25) is 0 Å². The zero-order valence-corrected chi connectivity index (χ0v) is 29.2. The molecular formula is C28H32Hf2N4O4. The maximum absolute atomic E-state index is 12.1. The van der Waals surface area contributed by atoms with Crippen LogP contribution in [-0.2, 0) is 63.2 Å². The third-order valence-corrected chi connectivity index (χ3v) is 24.5. The number of fused-ring (bicyclic) bond motifs is 2. The van der Waals surface area contributed by atoms with E-state index in [1.807, 2.05) is 24.3 Å². The van der Waals surface area contributed by atoms with Crippen LogP contribution in [-0.4, -0.2) is 23.6 Å². The number of carbonyl (C=O) groups excluding carboxylic acids is 4. The van der Waals surface area contributed by atoms with Gasteiger partial charge in [0, 0.05) is 0 Å². The van der Waals surface area contributed by atoms with Crippen molar-refractivity contribution >= 4 is 35.8 Å². The Bertz CT molecular complexity index is 1210. The first-order chi connectivity index (χ1) is 18.1. The van der Waals surface area contributed by atoms with Gasteiger partial charge in [-0.25, -0.2) is 0 Å². The van der Waals surface area contributed by atoms with E-state index < -0.39 is 44.0 Å². The Labute approximate surface area is 240 Å². The summed E-state index contributed by atoms with van der Waals surface area (Å²) in [4.78, 5) is 48.4. The predicted molar refractivity (Wildman–Crippen MR) is 139 cm³/mol. The fourth-order valence-corrected chi connectivity index (χ4v) is 21.7. The Balaban J connectivity index is 1.65. The quantitative estimate of drug-likeness (QED) is 0.290. The van der Waals surface area contributed by atoms with Crippen LogP contribution in [0.25, 0.3) is 12.2 Å². The summed E-state index contributed by atoms with van der Waals surface area (Å²) in [6.07, 6.45) is 5.91. The molecule has 2 aromatic carbocycles. The molecule has 0 aromatic heterocycles. The summed E-state index contributed by atoms with van der Waals surface area (Å²) in [5.74, 6) is -0.495. The average molecular weight is 846 g/mol. The van der Waals surface area contributed by atoms with Crippen LogP contribution in [0.4, 0.5) is 0 Å². The van der Waals surface area contributed by atoms with Gasteiger partial charge in [0.05, 0.1) is 0 Å². The molecule has 0 radical (unpaired) electrons. The molecule has 0 saturated heterocycles. The van der Waals surface area contributed by atoms with E-state index in [2.05, 4.69) is 49.6 Å². The number of hydrogen-bond acceptors (Lipinski definition) is 4. The van der Waals surface area contributed by atoms with Crippen LogP contribution < -0.4 is 13.2 Å². The van der Waals surface area contributed by atoms with Crippen molar-refractivity contribution in [2.24, 2.45) is 0 Å². The molecule has 0 aliphatic heterocycles. The zero-order chi connectivity index (χ0) is 27.4. The van der Waals surface area contributed by atoms with Crippen LogP contribution >= 0.6 is 0 Å². The molecule has 0 fully saturated rings. The molecule has 2 aliphatic carbocycles. The molecule has 196 valence electrons. The van der Waals surface area contributed by atoms with Crippen LogP contribution in [0, 0.1) is 0 Å². The summed E-state index contributed by atoms with van der Waals surface area (Å²) in [7, 11) is 0. The van der Waals surface area contributed by atoms with Crippen molar-refractivity contribution in [2.75, 3.05) is 0 Å². The Hall–Kier alpha value is -2.46. The Kier molecular flexibility index (Phi) is 9.46. The number of benzene rings is 2. The molecular weight excluding hydrogens is 813 g/mol. The number of carbonyl (C=O) groups is 4. The standard InChI is InChI=1S/C20H16.4C2H5NO.2Hf/c1-2-6-18-12-15(11-17(18)5-1)9-10-16-13-19-7-3-4-8-20(19)14-16;4*1-2(3)4;;/h1-8,11-14H,9-10H2;4*1H3,(H2,3,4);;/q;;;;;2*+2/p-4. The van der Waals surface area contributed by atoms with Gasteiger partial charge in [0.25, 0.3) is 0 Å². The van der Waals surface area contributed by atoms with Gasteiger partial charge in [-0.3, -0.25) is 0 Å². The Morgan fingerprint density at radius 1 is 0.579 bits per heavy atom. The van der Waals surface area contributed by atoms with Crippen LogP contribution in [0.15, 0.2) is 59.7 Å². The average Bonchev–Trinajstić information content (AvgIpc) is 3.38. The van der Waals surface area contributed by atoms with E-state index in [9.17, 15) is 19.2 Å². The van der Waals surface area contributed by atoms with Crippen molar-refractivity contribution in [3.8, 4) is 0 Å². The number of rotatable bonds is 9.